The standard InChI is InChI=1S/C7H5F3NO/c8-7(9,10)6(12)11-4-2-1-3-5-11/h1-5H. The Kier molecular flexibility index (Phi) is 2.21. The second kappa shape index (κ2) is 3.00. The third kappa shape index (κ3) is 1.87. The molecule has 0 N–H and O–H groups in total. The van der Waals surface area contributed by atoms with Gasteiger partial charge in [-0.15, -0.1) is 0 Å². The predicted octanol–water partition coefficient (Wildman–Crippen LogP) is 1.62. The van der Waals surface area contributed by atoms with Gasteiger partial charge in [-0.05, 0) is 6.08 Å². The van der Waals surface area contributed by atoms with Crippen LogP contribution in [0.4, 0.5) is 13.2 Å². The minimum atomic E-state index is -4.81. The van der Waals surface area contributed by atoms with Gasteiger partial charge in [0.1, 0.15) is 0 Å². The van der Waals surface area contributed by atoms with E-state index in [1.165, 1.54) is 18.2 Å². The molecule has 0 saturated heterocycles. The van der Waals surface area contributed by atoms with Crippen molar-refractivity contribution in [2.75, 3.05) is 0 Å². The van der Waals surface area contributed by atoms with Crippen molar-refractivity contribution in [3.8, 4) is 0 Å². The predicted molar refractivity (Wildman–Crippen MR) is 35.5 cm³/mol. The van der Waals surface area contributed by atoms with Gasteiger partial charge in [0.15, 0.2) is 0 Å². The zero-order valence-electron chi connectivity index (χ0n) is 5.88. The van der Waals surface area contributed by atoms with E-state index in [0.29, 0.717) is 4.90 Å². The Hall–Kier alpha value is -1.26. The summed E-state index contributed by atoms with van der Waals surface area (Å²) in [5, 5.41) is 0. The number of rotatable bonds is 0. The molecule has 0 aromatic rings. The molecule has 1 heterocycles. The van der Waals surface area contributed by atoms with Gasteiger partial charge in [-0.25, -0.2) is 0 Å². The molecule has 0 aliphatic carbocycles. The summed E-state index contributed by atoms with van der Waals surface area (Å²) in [6.07, 6.45) is 0.468. The lowest BCUT2D eigenvalue weighted by Crippen LogP contribution is -2.36. The molecular formula is C7H5F3NO. The molecule has 0 unspecified atom stereocenters. The molecular weight excluding hydrogens is 171 g/mol. The van der Waals surface area contributed by atoms with Crippen molar-refractivity contribution >= 4 is 5.91 Å². The topological polar surface area (TPSA) is 20.3 Å². The van der Waals surface area contributed by atoms with Crippen molar-refractivity contribution in [3.63, 3.8) is 0 Å². The summed E-state index contributed by atoms with van der Waals surface area (Å²) in [7, 11) is 0. The highest BCUT2D eigenvalue weighted by molar-refractivity contribution is 5.83. The van der Waals surface area contributed by atoms with E-state index in [4.69, 9.17) is 0 Å². The van der Waals surface area contributed by atoms with Gasteiger partial charge in [0.2, 0.25) is 0 Å². The molecule has 1 rings (SSSR count). The lowest BCUT2D eigenvalue weighted by Gasteiger charge is -2.18. The SMILES string of the molecule is O=C(N1[CH]C=CC=C1)C(F)(F)F. The van der Waals surface area contributed by atoms with Crippen molar-refractivity contribution in [2.24, 2.45) is 0 Å². The minimum Gasteiger partial charge on any atom is -0.302 e. The zero-order chi connectivity index (χ0) is 9.19. The molecule has 0 saturated carbocycles. The summed E-state index contributed by atoms with van der Waals surface area (Å²) in [5.41, 5.74) is 0. The van der Waals surface area contributed by atoms with Crippen molar-refractivity contribution in [1.29, 1.82) is 0 Å². The Morgan fingerprint density at radius 2 is 1.83 bits per heavy atom. The molecule has 5 heteroatoms. The highest BCUT2D eigenvalue weighted by Crippen LogP contribution is 2.20. The Morgan fingerprint density at radius 1 is 1.17 bits per heavy atom. The fraction of sp³-hybridized carbons (Fsp3) is 0.143. The molecule has 1 aliphatic rings. The molecule has 0 atom stereocenters. The van der Waals surface area contributed by atoms with E-state index in [2.05, 4.69) is 0 Å². The molecule has 0 fully saturated rings. The van der Waals surface area contributed by atoms with Crippen LogP contribution in [0.15, 0.2) is 24.4 Å². The van der Waals surface area contributed by atoms with Gasteiger partial charge in [-0.2, -0.15) is 13.2 Å². The number of halogens is 3. The van der Waals surface area contributed by atoms with E-state index in [1.807, 2.05) is 0 Å². The quantitative estimate of drug-likeness (QED) is 0.549. The number of alkyl halides is 3. The summed E-state index contributed by atoms with van der Waals surface area (Å²) >= 11 is 0. The first-order valence-corrected chi connectivity index (χ1v) is 3.09. The van der Waals surface area contributed by atoms with Crippen LogP contribution in [0.25, 0.3) is 0 Å². The fourth-order valence-electron chi connectivity index (χ4n) is 0.680. The largest absolute Gasteiger partial charge is 0.471 e. The Morgan fingerprint density at radius 3 is 2.25 bits per heavy atom. The summed E-state index contributed by atoms with van der Waals surface area (Å²) in [4.78, 5) is 11.0. The highest BCUT2D eigenvalue weighted by Gasteiger charge is 2.41. The zero-order valence-corrected chi connectivity index (χ0v) is 5.88. The molecule has 1 aliphatic heterocycles. The maximum absolute atomic E-state index is 11.8. The summed E-state index contributed by atoms with van der Waals surface area (Å²) in [6, 6.07) is 0. The van der Waals surface area contributed by atoms with Gasteiger partial charge in [-0.3, -0.25) is 4.79 Å². The van der Waals surface area contributed by atoms with Crippen LogP contribution in [0.3, 0.4) is 0 Å². The summed E-state index contributed by atoms with van der Waals surface area (Å²) < 4.78 is 35.3. The molecule has 1 radical (unpaired) electrons. The highest BCUT2D eigenvalue weighted by atomic mass is 19.4. The van der Waals surface area contributed by atoms with Crippen molar-refractivity contribution in [2.45, 2.75) is 6.18 Å². The lowest BCUT2D eigenvalue weighted by molar-refractivity contribution is -0.181. The van der Waals surface area contributed by atoms with Gasteiger partial charge < -0.3 is 4.90 Å². The molecule has 0 aromatic carbocycles. The Balaban J connectivity index is 2.66. The van der Waals surface area contributed by atoms with Gasteiger partial charge >= 0.3 is 12.1 Å². The number of carbonyl (C=O) groups excluding carboxylic acids is 1. The molecule has 65 valence electrons. The number of hydrogen-bond acceptors (Lipinski definition) is 1. The fourth-order valence-corrected chi connectivity index (χ4v) is 0.680. The maximum atomic E-state index is 11.8. The Labute approximate surface area is 67.0 Å². The van der Waals surface area contributed by atoms with Crippen LogP contribution in [-0.4, -0.2) is 17.0 Å². The van der Waals surface area contributed by atoms with Gasteiger partial charge in [-0.1, -0.05) is 12.2 Å². The number of hydrogen-bond donors (Lipinski definition) is 0. The molecule has 0 bridgehead atoms. The number of allylic oxidation sites excluding steroid dienone is 2. The molecule has 12 heavy (non-hydrogen) atoms. The van der Waals surface area contributed by atoms with E-state index >= 15 is 0 Å². The first-order valence-electron chi connectivity index (χ1n) is 3.09. The van der Waals surface area contributed by atoms with Crippen LogP contribution in [0.1, 0.15) is 0 Å². The monoisotopic (exact) mass is 176 g/mol. The lowest BCUT2D eigenvalue weighted by atomic mass is 10.3. The van der Waals surface area contributed by atoms with E-state index in [0.717, 1.165) is 12.7 Å². The van der Waals surface area contributed by atoms with E-state index in [-0.39, 0.29) is 0 Å². The smallest absolute Gasteiger partial charge is 0.302 e. The van der Waals surface area contributed by atoms with E-state index in [9.17, 15) is 18.0 Å². The summed E-state index contributed by atoms with van der Waals surface area (Å²) in [6.45, 7) is 1.05. The van der Waals surface area contributed by atoms with Crippen LogP contribution in [0, 0.1) is 6.54 Å². The molecule has 1 amide bonds. The average molecular weight is 176 g/mol. The normalized spacial score (nSPS) is 16.8. The van der Waals surface area contributed by atoms with Crippen molar-refractivity contribution < 1.29 is 18.0 Å². The van der Waals surface area contributed by atoms with Crippen LogP contribution >= 0.6 is 0 Å². The van der Waals surface area contributed by atoms with Crippen molar-refractivity contribution in [1.82, 2.24) is 4.90 Å². The van der Waals surface area contributed by atoms with Crippen LogP contribution in [0.5, 0.6) is 0 Å². The number of carbonyl (C=O) groups is 1. The average Bonchev–Trinajstić information content (AvgIpc) is 2.03. The van der Waals surface area contributed by atoms with Gasteiger partial charge in [0.25, 0.3) is 0 Å². The molecule has 0 spiro atoms. The third-order valence-corrected chi connectivity index (χ3v) is 1.19. The molecule has 2 nitrogen and oxygen atoms in total. The second-order valence-corrected chi connectivity index (χ2v) is 2.09. The maximum Gasteiger partial charge on any atom is 0.471 e. The summed E-state index contributed by atoms with van der Waals surface area (Å²) in [5.74, 6) is -1.89. The van der Waals surface area contributed by atoms with Crippen LogP contribution in [0.2, 0.25) is 0 Å². The van der Waals surface area contributed by atoms with E-state index < -0.39 is 12.1 Å². The Bertz CT molecular complexity index is 242. The van der Waals surface area contributed by atoms with Crippen LogP contribution in [-0.2, 0) is 4.79 Å². The van der Waals surface area contributed by atoms with Crippen LogP contribution < -0.4 is 0 Å². The van der Waals surface area contributed by atoms with Crippen molar-refractivity contribution in [3.05, 3.63) is 31.0 Å². The minimum absolute atomic E-state index is 0.486. The van der Waals surface area contributed by atoms with Gasteiger partial charge in [0.05, 0.1) is 6.54 Å². The number of amides is 1. The first-order chi connectivity index (χ1) is 5.52. The third-order valence-electron chi connectivity index (χ3n) is 1.19. The molecule has 0 aromatic heterocycles. The van der Waals surface area contributed by atoms with Gasteiger partial charge in [0, 0.05) is 6.20 Å². The van der Waals surface area contributed by atoms with E-state index in [1.54, 1.807) is 0 Å². The first kappa shape index (κ1) is 8.83. The number of nitrogens with zero attached hydrogens (tertiary/aromatic N) is 1. The second-order valence-electron chi connectivity index (χ2n) is 2.09.